The van der Waals surface area contributed by atoms with Gasteiger partial charge in [-0.1, -0.05) is 56.9 Å². The Balaban J connectivity index is 1.52. The molecule has 0 heterocycles. The van der Waals surface area contributed by atoms with E-state index in [2.05, 4.69) is 19.1 Å². The average molecular weight is 378 g/mol. The molecule has 0 saturated heterocycles. The van der Waals surface area contributed by atoms with Crippen molar-refractivity contribution in [2.24, 2.45) is 5.92 Å². The van der Waals surface area contributed by atoms with Crippen molar-refractivity contribution < 1.29 is 4.39 Å². The summed E-state index contributed by atoms with van der Waals surface area (Å²) in [6.07, 6.45) is 11.9. The Labute approximate surface area is 169 Å². The third-order valence-electron chi connectivity index (χ3n) is 6.38. The number of rotatable bonds is 8. The summed E-state index contributed by atoms with van der Waals surface area (Å²) in [5.41, 5.74) is 3.79. The Hall–Kier alpha value is -2.14. The highest BCUT2D eigenvalue weighted by Gasteiger charge is 2.22. The quantitative estimate of drug-likeness (QED) is 0.442. The minimum atomic E-state index is -0.0591. The first kappa shape index (κ1) is 20.6. The molecule has 1 aliphatic rings. The van der Waals surface area contributed by atoms with Gasteiger partial charge < -0.3 is 0 Å². The summed E-state index contributed by atoms with van der Waals surface area (Å²) in [4.78, 5) is 0. The molecule has 2 aromatic carbocycles. The molecule has 0 bridgehead atoms. The molecular weight excluding hydrogens is 345 g/mol. The van der Waals surface area contributed by atoms with Gasteiger partial charge in [-0.2, -0.15) is 5.26 Å². The number of halogens is 1. The maximum atomic E-state index is 14.7. The van der Waals surface area contributed by atoms with Gasteiger partial charge in [0.25, 0.3) is 0 Å². The van der Waals surface area contributed by atoms with E-state index in [4.69, 9.17) is 5.26 Å². The van der Waals surface area contributed by atoms with Gasteiger partial charge >= 0.3 is 0 Å². The maximum absolute atomic E-state index is 14.7. The Morgan fingerprint density at radius 1 is 0.964 bits per heavy atom. The molecule has 3 rings (SSSR count). The van der Waals surface area contributed by atoms with Gasteiger partial charge in [-0.15, -0.1) is 0 Å². The van der Waals surface area contributed by atoms with Crippen LogP contribution in [0.15, 0.2) is 42.5 Å². The zero-order chi connectivity index (χ0) is 19.8. The van der Waals surface area contributed by atoms with E-state index < -0.39 is 0 Å². The van der Waals surface area contributed by atoms with Crippen molar-refractivity contribution in [3.63, 3.8) is 0 Å². The van der Waals surface area contributed by atoms with Crippen LogP contribution in [0.3, 0.4) is 0 Å². The van der Waals surface area contributed by atoms with E-state index in [1.54, 1.807) is 6.07 Å². The maximum Gasteiger partial charge on any atom is 0.126 e. The molecule has 0 radical (unpaired) electrons. The lowest BCUT2D eigenvalue weighted by molar-refractivity contribution is 0.302. The van der Waals surface area contributed by atoms with Gasteiger partial charge in [0, 0.05) is 0 Å². The predicted molar refractivity (Wildman–Crippen MR) is 114 cm³/mol. The largest absolute Gasteiger partial charge is 0.207 e. The zero-order valence-corrected chi connectivity index (χ0v) is 17.1. The summed E-state index contributed by atoms with van der Waals surface area (Å²) in [5.74, 6) is 1.36. The molecule has 0 atom stereocenters. The van der Waals surface area contributed by atoms with Gasteiger partial charge in [-0.3, -0.25) is 0 Å². The Morgan fingerprint density at radius 3 is 2.36 bits per heavy atom. The standard InChI is InChI=1S/C26H32FN/c1-2-3-4-5-20-10-13-23(14-11-20)25-17-16-24(26(27)18-25)15-12-21-6-8-22(19-28)9-7-21/h6-9,16-18,20,23H,2-5,10-15H2,1H3/t20-,23-. The summed E-state index contributed by atoms with van der Waals surface area (Å²) in [6.45, 7) is 2.26. The molecule has 0 unspecified atom stereocenters. The van der Waals surface area contributed by atoms with E-state index in [-0.39, 0.29) is 5.82 Å². The minimum absolute atomic E-state index is 0.0591. The van der Waals surface area contributed by atoms with Crippen LogP contribution < -0.4 is 0 Å². The molecule has 0 spiro atoms. The van der Waals surface area contributed by atoms with Crippen LogP contribution in [0.5, 0.6) is 0 Å². The fraction of sp³-hybridized carbons (Fsp3) is 0.500. The van der Waals surface area contributed by atoms with Gasteiger partial charge in [0.2, 0.25) is 0 Å². The lowest BCUT2D eigenvalue weighted by Crippen LogP contribution is -2.13. The molecule has 1 fully saturated rings. The number of benzene rings is 2. The van der Waals surface area contributed by atoms with Crippen molar-refractivity contribution in [1.29, 1.82) is 5.26 Å². The fourth-order valence-electron chi connectivity index (χ4n) is 4.51. The monoisotopic (exact) mass is 377 g/mol. The Kier molecular flexibility index (Phi) is 7.66. The van der Waals surface area contributed by atoms with Crippen LogP contribution in [0.4, 0.5) is 4.39 Å². The van der Waals surface area contributed by atoms with Crippen LogP contribution >= 0.6 is 0 Å². The summed E-state index contributed by atoms with van der Waals surface area (Å²) in [6, 6.07) is 15.6. The zero-order valence-electron chi connectivity index (χ0n) is 17.1. The smallest absolute Gasteiger partial charge is 0.126 e. The van der Waals surface area contributed by atoms with Gasteiger partial charge in [-0.05, 0) is 85.3 Å². The molecule has 0 N–H and O–H groups in total. The van der Waals surface area contributed by atoms with E-state index in [1.165, 1.54) is 56.9 Å². The molecule has 1 aliphatic carbocycles. The van der Waals surface area contributed by atoms with Crippen LogP contribution in [0.25, 0.3) is 0 Å². The van der Waals surface area contributed by atoms with E-state index in [1.807, 2.05) is 30.3 Å². The number of nitriles is 1. The first-order valence-corrected chi connectivity index (χ1v) is 11.0. The number of nitrogens with zero attached hydrogens (tertiary/aromatic N) is 1. The highest BCUT2D eigenvalue weighted by Crippen LogP contribution is 2.38. The van der Waals surface area contributed by atoms with Crippen molar-refractivity contribution in [2.45, 2.75) is 77.0 Å². The van der Waals surface area contributed by atoms with Crippen molar-refractivity contribution in [3.8, 4) is 6.07 Å². The first-order valence-electron chi connectivity index (χ1n) is 11.0. The summed E-state index contributed by atoms with van der Waals surface area (Å²) >= 11 is 0. The second-order valence-corrected chi connectivity index (χ2v) is 8.37. The molecule has 148 valence electrons. The van der Waals surface area contributed by atoms with Crippen molar-refractivity contribution >= 4 is 0 Å². The first-order chi connectivity index (χ1) is 13.7. The molecular formula is C26H32FN. The van der Waals surface area contributed by atoms with Gasteiger partial charge in [-0.25, -0.2) is 4.39 Å². The number of hydrogen-bond donors (Lipinski definition) is 0. The molecule has 2 aromatic rings. The van der Waals surface area contributed by atoms with Crippen LogP contribution in [0.1, 0.15) is 86.5 Å². The third kappa shape index (κ3) is 5.68. The topological polar surface area (TPSA) is 23.8 Å². The Bertz CT molecular complexity index is 779. The SMILES string of the molecule is CCCCC[C@H]1CC[C@H](c2ccc(CCc3ccc(C#N)cc3)c(F)c2)CC1. The minimum Gasteiger partial charge on any atom is -0.207 e. The third-order valence-corrected chi connectivity index (χ3v) is 6.38. The van der Waals surface area contributed by atoms with Gasteiger partial charge in [0.1, 0.15) is 5.82 Å². The summed E-state index contributed by atoms with van der Waals surface area (Å²) in [5, 5.41) is 8.87. The second-order valence-electron chi connectivity index (χ2n) is 8.37. The van der Waals surface area contributed by atoms with Crippen LogP contribution in [0, 0.1) is 23.1 Å². The van der Waals surface area contributed by atoms with E-state index >= 15 is 0 Å². The van der Waals surface area contributed by atoms with Crippen LogP contribution in [0.2, 0.25) is 0 Å². The molecule has 28 heavy (non-hydrogen) atoms. The summed E-state index contributed by atoms with van der Waals surface area (Å²) < 4.78 is 14.7. The van der Waals surface area contributed by atoms with Crippen LogP contribution in [-0.4, -0.2) is 0 Å². The molecule has 0 aromatic heterocycles. The number of hydrogen-bond acceptors (Lipinski definition) is 1. The van der Waals surface area contributed by atoms with Crippen molar-refractivity contribution in [3.05, 3.63) is 70.5 Å². The molecule has 1 saturated carbocycles. The highest BCUT2D eigenvalue weighted by molar-refractivity contribution is 5.33. The van der Waals surface area contributed by atoms with E-state index in [9.17, 15) is 4.39 Å². The molecule has 0 aliphatic heterocycles. The highest BCUT2D eigenvalue weighted by atomic mass is 19.1. The lowest BCUT2D eigenvalue weighted by Gasteiger charge is -2.29. The summed E-state index contributed by atoms with van der Waals surface area (Å²) in [7, 11) is 0. The normalized spacial score (nSPS) is 19.3. The fourth-order valence-corrected chi connectivity index (χ4v) is 4.51. The number of unbranched alkanes of at least 4 members (excludes halogenated alkanes) is 2. The Morgan fingerprint density at radius 2 is 1.71 bits per heavy atom. The predicted octanol–water partition coefficient (Wildman–Crippen LogP) is 7.34. The van der Waals surface area contributed by atoms with E-state index in [0.717, 1.165) is 23.5 Å². The lowest BCUT2D eigenvalue weighted by atomic mass is 9.77. The average Bonchev–Trinajstić information content (AvgIpc) is 2.74. The second kappa shape index (κ2) is 10.4. The number of aryl methyl sites for hydroxylation is 2. The molecule has 2 heteroatoms. The van der Waals surface area contributed by atoms with Crippen molar-refractivity contribution in [1.82, 2.24) is 0 Å². The molecule has 0 amide bonds. The van der Waals surface area contributed by atoms with E-state index in [0.29, 0.717) is 17.9 Å². The van der Waals surface area contributed by atoms with Crippen molar-refractivity contribution in [2.75, 3.05) is 0 Å². The molecule has 1 nitrogen and oxygen atoms in total. The van der Waals surface area contributed by atoms with Gasteiger partial charge in [0.05, 0.1) is 11.6 Å². The van der Waals surface area contributed by atoms with Crippen LogP contribution in [-0.2, 0) is 12.8 Å². The van der Waals surface area contributed by atoms with Gasteiger partial charge in [0.15, 0.2) is 0 Å².